The molecule has 1 aliphatic carbocycles. The van der Waals surface area contributed by atoms with Crippen LogP contribution in [0.3, 0.4) is 0 Å². The molecule has 1 fully saturated rings. The Morgan fingerprint density at radius 3 is 2.62 bits per heavy atom. The molecule has 0 aromatic carbocycles. The van der Waals surface area contributed by atoms with Gasteiger partial charge in [0.2, 0.25) is 21.8 Å². The highest BCUT2D eigenvalue weighted by atomic mass is 32.2. The fourth-order valence-electron chi connectivity index (χ4n) is 3.78. The number of sulfonamides is 1. The highest BCUT2D eigenvalue weighted by Crippen LogP contribution is 2.41. The van der Waals surface area contributed by atoms with Crippen molar-refractivity contribution in [1.82, 2.24) is 14.7 Å². The van der Waals surface area contributed by atoms with Crippen LogP contribution in [0.5, 0.6) is 5.88 Å². The van der Waals surface area contributed by atoms with Crippen LogP contribution in [0.15, 0.2) is 30.6 Å². The number of pyridine rings is 2. The van der Waals surface area contributed by atoms with Crippen molar-refractivity contribution in [2.24, 2.45) is 0 Å². The number of hydrogen-bond donors (Lipinski definition) is 2. The fraction of sp³-hybridized carbons (Fsp3) is 0.429. The summed E-state index contributed by atoms with van der Waals surface area (Å²) in [7, 11) is -3.54. The summed E-state index contributed by atoms with van der Waals surface area (Å²) in [6.07, 6.45) is 2.32. The molecule has 11 heteroatoms. The van der Waals surface area contributed by atoms with E-state index in [0.29, 0.717) is 28.2 Å². The van der Waals surface area contributed by atoms with E-state index in [9.17, 15) is 22.4 Å². The molecule has 0 saturated heterocycles. The molecule has 4 rings (SSSR count). The number of rotatable bonds is 6. The summed E-state index contributed by atoms with van der Waals surface area (Å²) in [5.41, 5.74) is 2.45. The number of alkyl halides is 2. The lowest BCUT2D eigenvalue weighted by molar-refractivity contribution is -0.0587. The molecule has 3 heterocycles. The number of aryl methyl sites for hydroxylation is 1. The summed E-state index contributed by atoms with van der Waals surface area (Å²) in [6, 6.07) is 5.02. The Labute approximate surface area is 184 Å². The van der Waals surface area contributed by atoms with Gasteiger partial charge in [-0.3, -0.25) is 4.72 Å². The van der Waals surface area contributed by atoms with E-state index in [-0.39, 0.29) is 43.0 Å². The summed E-state index contributed by atoms with van der Waals surface area (Å²) in [4.78, 5) is 8.50. The standard InChI is InChI=1S/C21H24F2N4O4S/c1-3-32(29,30)26-14-11-18(17-10-13(2)27(28)19-16(17)6-9-24-19)20(25-12-14)31-15-4-7-21(22,23)8-5-15/h6,9-12,15,26,28H,3-5,7-8H2,1-2H3. The Balaban J connectivity index is 1.78. The lowest BCUT2D eigenvalue weighted by Crippen LogP contribution is -2.31. The number of ether oxygens (including phenoxy) is 1. The Kier molecular flexibility index (Phi) is 5.70. The third-order valence-corrected chi connectivity index (χ3v) is 6.90. The second kappa shape index (κ2) is 8.19. The number of nitrogens with zero attached hydrogens (tertiary/aromatic N) is 3. The van der Waals surface area contributed by atoms with E-state index in [1.54, 1.807) is 31.3 Å². The molecule has 2 aliphatic heterocycles. The van der Waals surface area contributed by atoms with Crippen molar-refractivity contribution in [3.05, 3.63) is 36.3 Å². The maximum absolute atomic E-state index is 13.6. The van der Waals surface area contributed by atoms with Crippen LogP contribution < -0.4 is 9.46 Å². The molecule has 0 atom stereocenters. The van der Waals surface area contributed by atoms with E-state index in [2.05, 4.69) is 14.7 Å². The molecule has 0 amide bonds. The van der Waals surface area contributed by atoms with E-state index >= 15 is 0 Å². The zero-order valence-electron chi connectivity index (χ0n) is 17.7. The van der Waals surface area contributed by atoms with Crippen molar-refractivity contribution in [2.45, 2.75) is 51.6 Å². The first-order valence-corrected chi connectivity index (χ1v) is 12.0. The lowest BCUT2D eigenvalue weighted by atomic mass is 9.94. The van der Waals surface area contributed by atoms with Crippen LogP contribution in [0.1, 0.15) is 38.3 Å². The summed E-state index contributed by atoms with van der Waals surface area (Å²) in [5, 5.41) is 10.3. The quantitative estimate of drug-likeness (QED) is 0.524. The molecule has 1 aromatic heterocycles. The van der Waals surface area contributed by atoms with Crippen molar-refractivity contribution in [3.8, 4) is 28.4 Å². The summed E-state index contributed by atoms with van der Waals surface area (Å²) in [6.45, 7) is 3.21. The number of halogens is 2. The molecule has 32 heavy (non-hydrogen) atoms. The Morgan fingerprint density at radius 1 is 1.22 bits per heavy atom. The number of hydrogen-bond acceptors (Lipinski definition) is 6. The summed E-state index contributed by atoms with van der Waals surface area (Å²) < 4.78 is 60.7. The summed E-state index contributed by atoms with van der Waals surface area (Å²) in [5.74, 6) is -2.26. The topological polar surface area (TPSA) is 106 Å². The van der Waals surface area contributed by atoms with Crippen molar-refractivity contribution in [1.29, 1.82) is 0 Å². The van der Waals surface area contributed by atoms with Gasteiger partial charge in [-0.15, -0.1) is 0 Å². The van der Waals surface area contributed by atoms with Gasteiger partial charge in [-0.05, 0) is 44.9 Å². The maximum Gasteiger partial charge on any atom is 0.248 e. The van der Waals surface area contributed by atoms with Gasteiger partial charge >= 0.3 is 0 Å². The monoisotopic (exact) mass is 466 g/mol. The van der Waals surface area contributed by atoms with Gasteiger partial charge in [-0.25, -0.2) is 27.2 Å². The molecular weight excluding hydrogens is 442 g/mol. The molecule has 0 bridgehead atoms. The first-order chi connectivity index (χ1) is 15.1. The summed E-state index contributed by atoms with van der Waals surface area (Å²) >= 11 is 0. The molecule has 1 aromatic rings. The smallest absolute Gasteiger partial charge is 0.248 e. The predicted molar refractivity (Wildman–Crippen MR) is 115 cm³/mol. The SMILES string of the molecule is CCS(=O)(=O)Nc1cnc(OC2CCC(F)(F)CC2)c(-c2cc(C)n(O)c3nccc2-3)c1. The van der Waals surface area contributed by atoms with Crippen LogP contribution in [0.2, 0.25) is 0 Å². The second-order valence-electron chi connectivity index (χ2n) is 7.95. The fourth-order valence-corrected chi connectivity index (χ4v) is 4.39. The molecule has 172 valence electrons. The van der Waals surface area contributed by atoms with Crippen LogP contribution in [0, 0.1) is 6.92 Å². The number of anilines is 1. The van der Waals surface area contributed by atoms with Gasteiger partial charge in [-0.1, -0.05) is 0 Å². The van der Waals surface area contributed by atoms with Gasteiger partial charge < -0.3 is 9.94 Å². The van der Waals surface area contributed by atoms with E-state index in [1.165, 1.54) is 13.1 Å². The minimum atomic E-state index is -3.54. The Morgan fingerprint density at radius 2 is 1.94 bits per heavy atom. The highest BCUT2D eigenvalue weighted by Gasteiger charge is 2.36. The third-order valence-electron chi connectivity index (χ3n) is 5.59. The van der Waals surface area contributed by atoms with E-state index in [1.807, 2.05) is 0 Å². The molecule has 0 unspecified atom stereocenters. The molecular formula is C21H24F2N4O4S. The highest BCUT2D eigenvalue weighted by molar-refractivity contribution is 7.92. The maximum atomic E-state index is 13.6. The Hall–Kier alpha value is -2.95. The zero-order chi connectivity index (χ0) is 23.1. The van der Waals surface area contributed by atoms with Crippen molar-refractivity contribution in [2.75, 3.05) is 10.5 Å². The van der Waals surface area contributed by atoms with Gasteiger partial charge in [0.1, 0.15) is 6.10 Å². The van der Waals surface area contributed by atoms with Crippen molar-refractivity contribution in [3.63, 3.8) is 0 Å². The molecule has 3 aliphatic rings. The molecule has 0 spiro atoms. The number of fused-ring (bicyclic) bond motifs is 1. The van der Waals surface area contributed by atoms with Crippen LogP contribution in [0.25, 0.3) is 22.5 Å². The van der Waals surface area contributed by atoms with Gasteiger partial charge in [0.15, 0.2) is 5.82 Å². The van der Waals surface area contributed by atoms with E-state index in [0.717, 1.165) is 4.73 Å². The van der Waals surface area contributed by atoms with Crippen LogP contribution >= 0.6 is 0 Å². The van der Waals surface area contributed by atoms with Crippen molar-refractivity contribution >= 4 is 15.7 Å². The first kappa shape index (κ1) is 22.3. The third kappa shape index (κ3) is 4.47. The largest absolute Gasteiger partial charge is 0.474 e. The van der Waals surface area contributed by atoms with Gasteiger partial charge in [0.05, 0.1) is 23.3 Å². The zero-order valence-corrected chi connectivity index (χ0v) is 18.5. The minimum Gasteiger partial charge on any atom is -0.474 e. The van der Waals surface area contributed by atoms with E-state index in [4.69, 9.17) is 4.74 Å². The van der Waals surface area contributed by atoms with E-state index < -0.39 is 22.0 Å². The normalized spacial score (nSPS) is 16.9. The first-order valence-electron chi connectivity index (χ1n) is 10.3. The number of nitrogens with one attached hydrogen (secondary N) is 1. The molecule has 0 radical (unpaired) electrons. The van der Waals surface area contributed by atoms with Crippen LogP contribution in [0.4, 0.5) is 14.5 Å². The van der Waals surface area contributed by atoms with Crippen LogP contribution in [-0.4, -0.2) is 46.1 Å². The average Bonchev–Trinajstić information content (AvgIpc) is 3.23. The molecule has 2 N–H and O–H groups in total. The van der Waals surface area contributed by atoms with Gasteiger partial charge in [0.25, 0.3) is 0 Å². The lowest BCUT2D eigenvalue weighted by Gasteiger charge is -2.29. The Bertz CT molecular complexity index is 1200. The van der Waals surface area contributed by atoms with Gasteiger partial charge in [-0.2, -0.15) is 4.73 Å². The predicted octanol–water partition coefficient (Wildman–Crippen LogP) is 4.31. The number of aromatic nitrogens is 3. The molecule has 8 nitrogen and oxygen atoms in total. The second-order valence-corrected chi connectivity index (χ2v) is 9.96. The van der Waals surface area contributed by atoms with Crippen molar-refractivity contribution < 1.29 is 27.1 Å². The molecule has 1 saturated carbocycles. The van der Waals surface area contributed by atoms with Gasteiger partial charge in [0, 0.05) is 35.7 Å². The van der Waals surface area contributed by atoms with Crippen LogP contribution in [-0.2, 0) is 10.0 Å². The minimum absolute atomic E-state index is 0.108. The average molecular weight is 467 g/mol.